The smallest absolute Gasteiger partial charge is 0.215 e. The Morgan fingerprint density at radius 3 is 2.71 bits per heavy atom. The van der Waals surface area contributed by atoms with Gasteiger partial charge in [0.05, 0.1) is 5.75 Å². The first kappa shape index (κ1) is 14.3. The number of rotatable bonds is 7. The predicted molar refractivity (Wildman–Crippen MR) is 69.9 cm³/mol. The monoisotopic (exact) mass is 278 g/mol. The molecule has 0 aliphatic rings. The summed E-state index contributed by atoms with van der Waals surface area (Å²) < 4.78 is 28.3. The van der Waals surface area contributed by atoms with Gasteiger partial charge in [-0.3, -0.25) is 0 Å². The van der Waals surface area contributed by atoms with Crippen LogP contribution in [0.3, 0.4) is 0 Å². The van der Waals surface area contributed by atoms with Gasteiger partial charge < -0.3 is 5.32 Å². The van der Waals surface area contributed by atoms with Crippen LogP contribution < -0.4 is 5.32 Å². The molecule has 0 aromatic carbocycles. The number of hydrogen-bond acceptors (Lipinski definition) is 6. The van der Waals surface area contributed by atoms with E-state index in [-0.39, 0.29) is 5.75 Å². The number of aryl methyl sites for hydroxylation is 1. The van der Waals surface area contributed by atoms with Gasteiger partial charge in [-0.25, -0.2) is 17.7 Å². The first-order chi connectivity index (χ1) is 7.95. The van der Waals surface area contributed by atoms with Crippen molar-refractivity contribution in [1.82, 2.24) is 13.7 Å². The second kappa shape index (κ2) is 6.27. The van der Waals surface area contributed by atoms with Gasteiger partial charge in [-0.1, -0.05) is 6.92 Å². The van der Waals surface area contributed by atoms with Gasteiger partial charge in [-0.15, -0.1) is 0 Å². The molecule has 17 heavy (non-hydrogen) atoms. The third-order valence-electron chi connectivity index (χ3n) is 2.13. The van der Waals surface area contributed by atoms with Crippen LogP contribution in [0.4, 0.5) is 5.13 Å². The molecule has 0 atom stereocenters. The fourth-order valence-electron chi connectivity index (χ4n) is 1.12. The summed E-state index contributed by atoms with van der Waals surface area (Å²) in [4.78, 5) is 4.25. The molecule has 0 aliphatic carbocycles. The van der Waals surface area contributed by atoms with E-state index in [1.54, 1.807) is 0 Å². The third kappa shape index (κ3) is 4.57. The lowest BCUT2D eigenvalue weighted by molar-refractivity contribution is 0.521. The van der Waals surface area contributed by atoms with Crippen LogP contribution in [-0.4, -0.2) is 48.5 Å². The van der Waals surface area contributed by atoms with E-state index in [1.165, 1.54) is 29.9 Å². The Morgan fingerprint density at radius 2 is 2.12 bits per heavy atom. The minimum absolute atomic E-state index is 0.0582. The molecule has 6 nitrogen and oxygen atoms in total. The van der Waals surface area contributed by atoms with E-state index in [1.807, 2.05) is 0 Å². The van der Waals surface area contributed by atoms with Crippen LogP contribution in [0.5, 0.6) is 0 Å². The molecule has 0 fully saturated rings. The summed E-state index contributed by atoms with van der Waals surface area (Å²) in [7, 11) is -0.0897. The van der Waals surface area contributed by atoms with Crippen LogP contribution in [0.1, 0.15) is 19.2 Å². The Morgan fingerprint density at radius 1 is 1.41 bits per heavy atom. The molecular weight excluding hydrogens is 260 g/mol. The summed E-state index contributed by atoms with van der Waals surface area (Å²) in [6.45, 7) is 2.42. The topological polar surface area (TPSA) is 75.2 Å². The summed E-state index contributed by atoms with van der Waals surface area (Å²) in [5.74, 6) is 0.873. The summed E-state index contributed by atoms with van der Waals surface area (Å²) >= 11 is 1.27. The van der Waals surface area contributed by atoms with Gasteiger partial charge in [0.15, 0.2) is 0 Å². The van der Waals surface area contributed by atoms with E-state index in [4.69, 9.17) is 0 Å². The Kier molecular flexibility index (Phi) is 5.29. The van der Waals surface area contributed by atoms with Gasteiger partial charge in [-0.05, 0) is 6.42 Å². The molecule has 1 heterocycles. The van der Waals surface area contributed by atoms with E-state index in [2.05, 4.69) is 21.6 Å². The molecule has 0 saturated heterocycles. The molecule has 8 heteroatoms. The average Bonchev–Trinajstić information content (AvgIpc) is 2.66. The molecule has 1 aromatic rings. The fourth-order valence-corrected chi connectivity index (χ4v) is 2.48. The maximum absolute atomic E-state index is 11.5. The van der Waals surface area contributed by atoms with Crippen molar-refractivity contribution in [2.75, 3.05) is 31.7 Å². The minimum Gasteiger partial charge on any atom is -0.359 e. The van der Waals surface area contributed by atoms with E-state index in [0.29, 0.717) is 11.7 Å². The van der Waals surface area contributed by atoms with Gasteiger partial charge in [0.25, 0.3) is 0 Å². The van der Waals surface area contributed by atoms with E-state index >= 15 is 0 Å². The van der Waals surface area contributed by atoms with Crippen molar-refractivity contribution in [2.24, 2.45) is 0 Å². The van der Waals surface area contributed by atoms with Crippen molar-refractivity contribution in [3.05, 3.63) is 5.82 Å². The highest BCUT2D eigenvalue weighted by atomic mass is 32.2. The summed E-state index contributed by atoms with van der Waals surface area (Å²) in [6, 6.07) is 0. The Bertz CT molecular complexity index is 442. The maximum atomic E-state index is 11.5. The number of sulfonamides is 1. The second-order valence-electron chi connectivity index (χ2n) is 3.79. The van der Waals surface area contributed by atoms with Gasteiger partial charge in [0.1, 0.15) is 5.82 Å². The normalized spacial score (nSPS) is 12.0. The van der Waals surface area contributed by atoms with Crippen molar-refractivity contribution >= 4 is 26.7 Å². The summed E-state index contributed by atoms with van der Waals surface area (Å²) in [6.07, 6.45) is 1.86. The van der Waals surface area contributed by atoms with Gasteiger partial charge >= 0.3 is 0 Å². The standard InChI is InChI=1S/C9H18N4O2S2/c1-4-5-8-11-9(16-12-8)10-6-7-17(14,15)13(2)3/h4-7H2,1-3H3,(H,10,11,12). The van der Waals surface area contributed by atoms with Crippen LogP contribution in [0.2, 0.25) is 0 Å². The zero-order valence-electron chi connectivity index (χ0n) is 10.3. The zero-order valence-corrected chi connectivity index (χ0v) is 11.9. The molecular formula is C9H18N4O2S2. The molecule has 0 aliphatic heterocycles. The molecule has 0 unspecified atom stereocenters. The van der Waals surface area contributed by atoms with Gasteiger partial charge in [0, 0.05) is 38.6 Å². The zero-order chi connectivity index (χ0) is 12.9. The van der Waals surface area contributed by atoms with Crippen molar-refractivity contribution < 1.29 is 8.42 Å². The molecule has 0 amide bonds. The van der Waals surface area contributed by atoms with Crippen LogP contribution in [-0.2, 0) is 16.4 Å². The molecule has 0 spiro atoms. The summed E-state index contributed by atoms with van der Waals surface area (Å²) in [5.41, 5.74) is 0. The minimum atomic E-state index is -3.14. The SMILES string of the molecule is CCCc1nsc(NCCS(=O)(=O)N(C)C)n1. The Balaban J connectivity index is 2.40. The van der Waals surface area contributed by atoms with E-state index in [0.717, 1.165) is 18.7 Å². The molecule has 0 bridgehead atoms. The molecule has 0 radical (unpaired) electrons. The molecule has 1 rings (SSSR count). The number of anilines is 1. The van der Waals surface area contributed by atoms with Crippen molar-refractivity contribution in [1.29, 1.82) is 0 Å². The lowest BCUT2D eigenvalue weighted by atomic mass is 10.3. The van der Waals surface area contributed by atoms with Crippen molar-refractivity contribution in [2.45, 2.75) is 19.8 Å². The van der Waals surface area contributed by atoms with Crippen LogP contribution in [0.15, 0.2) is 0 Å². The molecule has 98 valence electrons. The fraction of sp³-hybridized carbons (Fsp3) is 0.778. The Hall–Kier alpha value is -0.730. The van der Waals surface area contributed by atoms with Crippen LogP contribution in [0.25, 0.3) is 0 Å². The summed E-state index contributed by atoms with van der Waals surface area (Å²) in [5, 5.41) is 3.66. The van der Waals surface area contributed by atoms with Crippen molar-refractivity contribution in [3.63, 3.8) is 0 Å². The lowest BCUT2D eigenvalue weighted by Crippen LogP contribution is -2.28. The van der Waals surface area contributed by atoms with Gasteiger partial charge in [-0.2, -0.15) is 4.37 Å². The maximum Gasteiger partial charge on any atom is 0.215 e. The number of aromatic nitrogens is 2. The largest absolute Gasteiger partial charge is 0.359 e. The second-order valence-corrected chi connectivity index (χ2v) is 6.85. The van der Waals surface area contributed by atoms with Crippen LogP contribution in [0, 0.1) is 0 Å². The third-order valence-corrected chi connectivity index (χ3v) is 4.68. The van der Waals surface area contributed by atoms with Gasteiger partial charge in [0.2, 0.25) is 15.2 Å². The predicted octanol–water partition coefficient (Wildman–Crippen LogP) is 0.794. The highest BCUT2D eigenvalue weighted by Crippen LogP contribution is 2.11. The first-order valence-electron chi connectivity index (χ1n) is 5.42. The number of hydrogen-bond donors (Lipinski definition) is 1. The quantitative estimate of drug-likeness (QED) is 0.798. The first-order valence-corrected chi connectivity index (χ1v) is 7.80. The highest BCUT2D eigenvalue weighted by molar-refractivity contribution is 7.89. The van der Waals surface area contributed by atoms with Crippen molar-refractivity contribution in [3.8, 4) is 0 Å². The number of nitrogens with one attached hydrogen (secondary N) is 1. The van der Waals surface area contributed by atoms with E-state index < -0.39 is 10.0 Å². The average molecular weight is 278 g/mol. The van der Waals surface area contributed by atoms with Crippen LogP contribution >= 0.6 is 11.5 Å². The lowest BCUT2D eigenvalue weighted by Gasteiger charge is -2.10. The van der Waals surface area contributed by atoms with E-state index in [9.17, 15) is 8.42 Å². The number of nitrogens with zero attached hydrogens (tertiary/aromatic N) is 3. The Labute approximate surface area is 106 Å². The molecule has 1 N–H and O–H groups in total. The molecule has 1 aromatic heterocycles. The molecule has 0 saturated carbocycles. The highest BCUT2D eigenvalue weighted by Gasteiger charge is 2.13.